The second kappa shape index (κ2) is 9.36. The van der Waals surface area contributed by atoms with Gasteiger partial charge in [0.25, 0.3) is 0 Å². The molecule has 0 saturated heterocycles. The van der Waals surface area contributed by atoms with Gasteiger partial charge in [0, 0.05) is 12.6 Å². The number of ether oxygens (including phenoxy) is 1. The second-order valence-corrected chi connectivity index (χ2v) is 7.64. The third-order valence-corrected chi connectivity index (χ3v) is 4.01. The van der Waals surface area contributed by atoms with Crippen molar-refractivity contribution in [2.24, 2.45) is 5.92 Å². The first-order valence-electron chi connectivity index (χ1n) is 8.63. The first kappa shape index (κ1) is 19.2. The zero-order valence-electron chi connectivity index (χ0n) is 15.1. The largest absolute Gasteiger partial charge is 0.444 e. The molecule has 5 heteroatoms. The van der Waals surface area contributed by atoms with Crippen LogP contribution in [-0.2, 0) is 4.74 Å². The average molecular weight is 313 g/mol. The maximum Gasteiger partial charge on any atom is 0.407 e. The zero-order valence-corrected chi connectivity index (χ0v) is 15.1. The Morgan fingerprint density at radius 1 is 1.23 bits per heavy atom. The van der Waals surface area contributed by atoms with Gasteiger partial charge in [0.1, 0.15) is 5.60 Å². The van der Waals surface area contributed by atoms with E-state index in [0.29, 0.717) is 18.5 Å². The molecule has 0 bridgehead atoms. The van der Waals surface area contributed by atoms with Crippen LogP contribution >= 0.6 is 0 Å². The van der Waals surface area contributed by atoms with Gasteiger partial charge in [-0.1, -0.05) is 12.8 Å². The minimum Gasteiger partial charge on any atom is -0.444 e. The molecular formula is C17H35N3O2. The molecule has 0 aromatic rings. The normalized spacial score (nSPS) is 22.6. The molecule has 2 N–H and O–H groups in total. The molecule has 2 atom stereocenters. The Morgan fingerprint density at radius 3 is 2.55 bits per heavy atom. The van der Waals surface area contributed by atoms with Gasteiger partial charge in [-0.2, -0.15) is 0 Å². The quantitative estimate of drug-likeness (QED) is 0.710. The van der Waals surface area contributed by atoms with Crippen molar-refractivity contribution in [3.05, 3.63) is 0 Å². The van der Waals surface area contributed by atoms with E-state index in [2.05, 4.69) is 29.6 Å². The van der Waals surface area contributed by atoms with E-state index in [1.54, 1.807) is 0 Å². The second-order valence-electron chi connectivity index (χ2n) is 7.64. The minimum absolute atomic E-state index is 0.301. The molecule has 0 aromatic heterocycles. The molecule has 0 aliphatic heterocycles. The Balaban J connectivity index is 2.30. The van der Waals surface area contributed by atoms with Crippen LogP contribution in [0.5, 0.6) is 0 Å². The third kappa shape index (κ3) is 8.59. The fraction of sp³-hybridized carbons (Fsp3) is 0.941. The smallest absolute Gasteiger partial charge is 0.407 e. The lowest BCUT2D eigenvalue weighted by molar-refractivity contribution is 0.0510. The van der Waals surface area contributed by atoms with Gasteiger partial charge >= 0.3 is 6.09 Å². The molecule has 1 rings (SSSR count). The minimum atomic E-state index is -0.430. The highest BCUT2D eigenvalue weighted by molar-refractivity contribution is 5.67. The van der Waals surface area contributed by atoms with Crippen LogP contribution in [0.4, 0.5) is 4.79 Å². The number of nitrogens with zero attached hydrogens (tertiary/aromatic N) is 1. The number of hydrogen-bond acceptors (Lipinski definition) is 4. The van der Waals surface area contributed by atoms with Gasteiger partial charge in [0.15, 0.2) is 0 Å². The van der Waals surface area contributed by atoms with E-state index in [1.165, 1.54) is 25.7 Å². The van der Waals surface area contributed by atoms with Crippen molar-refractivity contribution in [2.45, 2.75) is 64.5 Å². The van der Waals surface area contributed by atoms with Gasteiger partial charge in [0.2, 0.25) is 0 Å². The Hall–Kier alpha value is -0.810. The topological polar surface area (TPSA) is 53.6 Å². The maximum atomic E-state index is 11.8. The molecule has 0 spiro atoms. The predicted molar refractivity (Wildman–Crippen MR) is 91.2 cm³/mol. The predicted octanol–water partition coefficient (Wildman–Crippen LogP) is 2.61. The molecule has 1 amide bonds. The highest BCUT2D eigenvalue weighted by Gasteiger charge is 2.25. The summed E-state index contributed by atoms with van der Waals surface area (Å²) in [5, 5.41) is 6.62. The summed E-state index contributed by atoms with van der Waals surface area (Å²) in [5.74, 6) is 0.514. The first-order chi connectivity index (χ1) is 10.3. The standard InChI is InChI=1S/C17H35N3O2/c1-17(2,3)22-16(21)19-13-14-9-6-7-10-15(14)18-11-8-12-20(4)5/h14-15,18H,6-13H2,1-5H3,(H,19,21). The van der Waals surface area contributed by atoms with E-state index < -0.39 is 5.60 Å². The molecule has 2 unspecified atom stereocenters. The van der Waals surface area contributed by atoms with E-state index in [-0.39, 0.29) is 6.09 Å². The SMILES string of the molecule is CN(C)CCCNC1CCCCC1CNC(=O)OC(C)(C)C. The van der Waals surface area contributed by atoms with Gasteiger partial charge in [0.05, 0.1) is 0 Å². The van der Waals surface area contributed by atoms with Gasteiger partial charge < -0.3 is 20.3 Å². The van der Waals surface area contributed by atoms with E-state index in [1.807, 2.05) is 20.8 Å². The molecule has 1 aliphatic rings. The summed E-state index contributed by atoms with van der Waals surface area (Å²) >= 11 is 0. The lowest BCUT2D eigenvalue weighted by atomic mass is 9.84. The molecule has 0 heterocycles. The van der Waals surface area contributed by atoms with Crippen LogP contribution in [0, 0.1) is 5.92 Å². The van der Waals surface area contributed by atoms with E-state index in [9.17, 15) is 4.79 Å². The third-order valence-electron chi connectivity index (χ3n) is 4.01. The Labute approximate surface area is 136 Å². The van der Waals surface area contributed by atoms with E-state index in [4.69, 9.17) is 4.74 Å². The van der Waals surface area contributed by atoms with Crippen LogP contribution in [0.15, 0.2) is 0 Å². The van der Waals surface area contributed by atoms with Crippen molar-refractivity contribution in [3.63, 3.8) is 0 Å². The summed E-state index contributed by atoms with van der Waals surface area (Å²) in [6.45, 7) is 8.54. The highest BCUT2D eigenvalue weighted by atomic mass is 16.6. The maximum absolute atomic E-state index is 11.8. The Bertz CT molecular complexity index is 326. The van der Waals surface area contributed by atoms with E-state index >= 15 is 0 Å². The monoisotopic (exact) mass is 313 g/mol. The van der Waals surface area contributed by atoms with Crippen molar-refractivity contribution >= 4 is 6.09 Å². The number of alkyl carbamates (subject to hydrolysis) is 1. The number of nitrogens with one attached hydrogen (secondary N) is 2. The summed E-state index contributed by atoms with van der Waals surface area (Å²) < 4.78 is 5.31. The fourth-order valence-corrected chi connectivity index (χ4v) is 2.93. The van der Waals surface area contributed by atoms with Crippen LogP contribution in [-0.4, -0.2) is 56.4 Å². The van der Waals surface area contributed by atoms with Crippen molar-refractivity contribution in [1.82, 2.24) is 15.5 Å². The van der Waals surface area contributed by atoms with Gasteiger partial charge in [-0.3, -0.25) is 0 Å². The molecule has 5 nitrogen and oxygen atoms in total. The van der Waals surface area contributed by atoms with Crippen LogP contribution in [0.25, 0.3) is 0 Å². The lowest BCUT2D eigenvalue weighted by Gasteiger charge is -2.33. The van der Waals surface area contributed by atoms with Crippen molar-refractivity contribution < 1.29 is 9.53 Å². The first-order valence-corrected chi connectivity index (χ1v) is 8.63. The number of rotatable bonds is 7. The fourth-order valence-electron chi connectivity index (χ4n) is 2.93. The van der Waals surface area contributed by atoms with Crippen LogP contribution in [0.3, 0.4) is 0 Å². The summed E-state index contributed by atoms with van der Waals surface area (Å²) in [4.78, 5) is 14.0. The van der Waals surface area contributed by atoms with Crippen LogP contribution < -0.4 is 10.6 Å². The molecular weight excluding hydrogens is 278 g/mol. The molecule has 0 radical (unpaired) electrons. The molecule has 1 fully saturated rings. The lowest BCUT2D eigenvalue weighted by Crippen LogP contribution is -2.45. The van der Waals surface area contributed by atoms with E-state index in [0.717, 1.165) is 19.5 Å². The van der Waals surface area contributed by atoms with Gasteiger partial charge in [-0.05, 0) is 73.1 Å². The van der Waals surface area contributed by atoms with Crippen LogP contribution in [0.2, 0.25) is 0 Å². The summed E-state index contributed by atoms with van der Waals surface area (Å²) in [6, 6.07) is 0.519. The number of amides is 1. The summed E-state index contributed by atoms with van der Waals surface area (Å²) in [6.07, 6.45) is 5.80. The van der Waals surface area contributed by atoms with Gasteiger partial charge in [-0.25, -0.2) is 4.79 Å². The van der Waals surface area contributed by atoms with Gasteiger partial charge in [-0.15, -0.1) is 0 Å². The molecule has 1 aliphatic carbocycles. The average Bonchev–Trinajstić information content (AvgIpc) is 2.40. The highest BCUT2D eigenvalue weighted by Crippen LogP contribution is 2.24. The van der Waals surface area contributed by atoms with Crippen LogP contribution in [0.1, 0.15) is 52.9 Å². The molecule has 130 valence electrons. The number of carbonyl (C=O) groups is 1. The molecule has 1 saturated carbocycles. The summed E-state index contributed by atoms with van der Waals surface area (Å²) in [7, 11) is 4.21. The Morgan fingerprint density at radius 2 is 1.91 bits per heavy atom. The Kier molecular flexibility index (Phi) is 8.18. The van der Waals surface area contributed by atoms with Crippen molar-refractivity contribution in [2.75, 3.05) is 33.7 Å². The number of hydrogen-bond donors (Lipinski definition) is 2. The molecule has 22 heavy (non-hydrogen) atoms. The zero-order chi connectivity index (χ0) is 16.6. The molecule has 0 aromatic carbocycles. The van der Waals surface area contributed by atoms with Crippen molar-refractivity contribution in [3.8, 4) is 0 Å². The van der Waals surface area contributed by atoms with Crippen molar-refractivity contribution in [1.29, 1.82) is 0 Å². The number of carbonyl (C=O) groups excluding carboxylic acids is 1. The summed E-state index contributed by atoms with van der Waals surface area (Å²) in [5.41, 5.74) is -0.430.